The molecule has 1 aliphatic heterocycles. The van der Waals surface area contributed by atoms with Gasteiger partial charge in [0.15, 0.2) is 6.10 Å². The molecule has 1 N–H and O–H groups in total. The van der Waals surface area contributed by atoms with Crippen molar-refractivity contribution in [1.29, 1.82) is 0 Å². The van der Waals surface area contributed by atoms with Gasteiger partial charge in [-0.05, 0) is 62.2 Å². The summed E-state index contributed by atoms with van der Waals surface area (Å²) >= 11 is 25.1. The van der Waals surface area contributed by atoms with Crippen molar-refractivity contribution in [2.24, 2.45) is 5.10 Å². The highest BCUT2D eigenvalue weighted by Gasteiger charge is 2.34. The molecule has 1 atom stereocenters. The van der Waals surface area contributed by atoms with Gasteiger partial charge in [-0.15, -0.1) is 0 Å². The van der Waals surface area contributed by atoms with Crippen molar-refractivity contribution in [3.63, 3.8) is 0 Å². The fourth-order valence-corrected chi connectivity index (χ4v) is 5.51. The van der Waals surface area contributed by atoms with Crippen LogP contribution in [0.25, 0.3) is 0 Å². The average Bonchev–Trinajstić information content (AvgIpc) is 3.24. The second kappa shape index (κ2) is 12.7. The zero-order valence-electron chi connectivity index (χ0n) is 22.6. The summed E-state index contributed by atoms with van der Waals surface area (Å²) in [6, 6.07) is 13.3. The molecule has 0 aromatic heterocycles. The van der Waals surface area contributed by atoms with Gasteiger partial charge >= 0.3 is 0 Å². The average molecular weight is 636 g/mol. The topological polar surface area (TPSA) is 91.3 Å². The van der Waals surface area contributed by atoms with Crippen molar-refractivity contribution in [3.05, 3.63) is 79.7 Å². The van der Waals surface area contributed by atoms with Gasteiger partial charge in [-0.25, -0.2) is 0 Å². The van der Waals surface area contributed by atoms with E-state index in [2.05, 4.69) is 10.4 Å². The lowest BCUT2D eigenvalue weighted by atomic mass is 10.1. The summed E-state index contributed by atoms with van der Waals surface area (Å²) in [6.07, 6.45) is -0.577. The standard InChI is InChI=1S/C29H26Cl4N4O4/c1-5-24(41-25-9-6-15(2)10-16(25)3)29(40)34-19-7-8-20(31)23(13-19)36(17(4)38)26-14-27(39)37(35-26)28-21(32)11-18(30)12-22(28)33/h6-13,24H,5,14H2,1-4H3,(H,34,40). The van der Waals surface area contributed by atoms with Crippen LogP contribution in [0.5, 0.6) is 5.75 Å². The van der Waals surface area contributed by atoms with E-state index < -0.39 is 17.9 Å². The maximum absolute atomic E-state index is 13.2. The molecule has 3 amide bonds. The number of carbonyl (C=O) groups excluding carboxylic acids is 3. The number of nitrogens with zero attached hydrogens (tertiary/aromatic N) is 3. The lowest BCUT2D eigenvalue weighted by Gasteiger charge is -2.23. The first kappa shape index (κ1) is 30.7. The van der Waals surface area contributed by atoms with Crippen LogP contribution in [0, 0.1) is 13.8 Å². The number of hydrogen-bond donors (Lipinski definition) is 1. The van der Waals surface area contributed by atoms with Crippen molar-refractivity contribution in [2.45, 2.75) is 46.6 Å². The predicted molar refractivity (Wildman–Crippen MR) is 165 cm³/mol. The van der Waals surface area contributed by atoms with Gasteiger partial charge in [-0.3, -0.25) is 19.3 Å². The summed E-state index contributed by atoms with van der Waals surface area (Å²) in [4.78, 5) is 40.1. The number of anilines is 3. The van der Waals surface area contributed by atoms with Gasteiger partial charge < -0.3 is 10.1 Å². The molecule has 8 nitrogen and oxygen atoms in total. The minimum absolute atomic E-state index is 0.0968. The van der Waals surface area contributed by atoms with E-state index in [1.165, 1.54) is 36.1 Å². The monoisotopic (exact) mass is 634 g/mol. The van der Waals surface area contributed by atoms with Crippen molar-refractivity contribution >= 4 is 87.0 Å². The number of amidine groups is 1. The molecule has 12 heteroatoms. The third-order valence-electron chi connectivity index (χ3n) is 6.24. The molecular formula is C29H26Cl4N4O4. The quantitative estimate of drug-likeness (QED) is 0.287. The van der Waals surface area contributed by atoms with Gasteiger partial charge in [-0.1, -0.05) is 71.0 Å². The number of hydrazone groups is 1. The molecule has 0 bridgehead atoms. The lowest BCUT2D eigenvalue weighted by molar-refractivity contribution is -0.123. The van der Waals surface area contributed by atoms with Gasteiger partial charge in [-0.2, -0.15) is 10.1 Å². The minimum atomic E-state index is -0.765. The Kier molecular flexibility index (Phi) is 9.49. The Morgan fingerprint density at radius 3 is 2.32 bits per heavy atom. The van der Waals surface area contributed by atoms with Gasteiger partial charge in [0, 0.05) is 17.6 Å². The maximum Gasteiger partial charge on any atom is 0.265 e. The van der Waals surface area contributed by atoms with Crippen LogP contribution in [0.15, 0.2) is 53.6 Å². The Hall–Kier alpha value is -3.30. The van der Waals surface area contributed by atoms with Crippen LogP contribution in [0.3, 0.4) is 0 Å². The Balaban J connectivity index is 1.62. The number of carbonyl (C=O) groups is 3. The fourth-order valence-electron chi connectivity index (χ4n) is 4.33. The number of aryl methyl sites for hydroxylation is 2. The van der Waals surface area contributed by atoms with Gasteiger partial charge in [0.2, 0.25) is 5.91 Å². The number of rotatable bonds is 7. The van der Waals surface area contributed by atoms with E-state index in [0.29, 0.717) is 22.9 Å². The number of nitrogens with one attached hydrogen (secondary N) is 1. The third-order valence-corrected chi connectivity index (χ3v) is 7.36. The highest BCUT2D eigenvalue weighted by molar-refractivity contribution is 6.43. The first-order chi connectivity index (χ1) is 19.4. The molecule has 0 saturated carbocycles. The molecule has 214 valence electrons. The smallest absolute Gasteiger partial charge is 0.265 e. The van der Waals surface area contributed by atoms with Crippen molar-refractivity contribution in [1.82, 2.24) is 0 Å². The largest absolute Gasteiger partial charge is 0.480 e. The van der Waals surface area contributed by atoms with Crippen LogP contribution in [0.4, 0.5) is 17.1 Å². The SMILES string of the molecule is CCC(Oc1ccc(C)cc1C)C(=O)Nc1ccc(Cl)c(N(C(C)=O)C2=NN(c3c(Cl)cc(Cl)cc3Cl)C(=O)C2)c1. The first-order valence-electron chi connectivity index (χ1n) is 12.6. The highest BCUT2D eigenvalue weighted by Crippen LogP contribution is 2.39. The summed E-state index contributed by atoms with van der Waals surface area (Å²) in [5.74, 6) is -0.582. The zero-order chi connectivity index (χ0) is 30.0. The second-order valence-corrected chi connectivity index (χ2v) is 11.1. The first-order valence-corrected chi connectivity index (χ1v) is 14.1. The van der Waals surface area contributed by atoms with E-state index in [0.717, 1.165) is 16.1 Å². The van der Waals surface area contributed by atoms with E-state index in [9.17, 15) is 14.4 Å². The molecule has 1 aliphatic rings. The number of halogens is 4. The van der Waals surface area contributed by atoms with E-state index in [1.54, 1.807) is 6.07 Å². The molecule has 1 heterocycles. The summed E-state index contributed by atoms with van der Waals surface area (Å²) in [5.41, 5.74) is 2.75. The summed E-state index contributed by atoms with van der Waals surface area (Å²) in [5, 5.41) is 8.94. The van der Waals surface area contributed by atoms with E-state index >= 15 is 0 Å². The Morgan fingerprint density at radius 2 is 1.71 bits per heavy atom. The highest BCUT2D eigenvalue weighted by atomic mass is 35.5. The predicted octanol–water partition coefficient (Wildman–Crippen LogP) is 7.82. The molecule has 0 saturated heterocycles. The Bertz CT molecular complexity index is 1550. The van der Waals surface area contributed by atoms with Gasteiger partial charge in [0.1, 0.15) is 17.3 Å². The van der Waals surface area contributed by atoms with Crippen molar-refractivity contribution in [3.8, 4) is 5.75 Å². The summed E-state index contributed by atoms with van der Waals surface area (Å²) in [7, 11) is 0. The van der Waals surface area contributed by atoms with Crippen LogP contribution < -0.4 is 20.0 Å². The molecule has 4 rings (SSSR count). The lowest BCUT2D eigenvalue weighted by Crippen LogP contribution is -2.35. The molecule has 3 aromatic carbocycles. The molecule has 3 aromatic rings. The van der Waals surface area contributed by atoms with Crippen LogP contribution in [-0.2, 0) is 14.4 Å². The third kappa shape index (κ3) is 6.79. The molecule has 0 fully saturated rings. The van der Waals surface area contributed by atoms with Crippen LogP contribution in [0.2, 0.25) is 20.1 Å². The number of amides is 3. The normalized spacial score (nSPS) is 13.6. The number of benzene rings is 3. The van der Waals surface area contributed by atoms with E-state index in [1.807, 2.05) is 39.0 Å². The molecule has 0 radical (unpaired) electrons. The van der Waals surface area contributed by atoms with Crippen LogP contribution in [0.1, 0.15) is 37.8 Å². The molecule has 1 unspecified atom stereocenters. The minimum Gasteiger partial charge on any atom is -0.480 e. The molecule has 0 spiro atoms. The fraction of sp³-hybridized carbons (Fsp3) is 0.241. The van der Waals surface area contributed by atoms with Crippen molar-refractivity contribution < 1.29 is 19.1 Å². The molecule has 0 aliphatic carbocycles. The number of ether oxygens (including phenoxy) is 1. The maximum atomic E-state index is 13.2. The summed E-state index contributed by atoms with van der Waals surface area (Å²) in [6.45, 7) is 7.06. The summed E-state index contributed by atoms with van der Waals surface area (Å²) < 4.78 is 6.00. The van der Waals surface area contributed by atoms with E-state index in [-0.39, 0.29) is 44.6 Å². The van der Waals surface area contributed by atoms with Crippen molar-refractivity contribution in [2.75, 3.05) is 15.2 Å². The van der Waals surface area contributed by atoms with E-state index in [4.69, 9.17) is 51.1 Å². The zero-order valence-corrected chi connectivity index (χ0v) is 25.6. The molecule has 41 heavy (non-hydrogen) atoms. The number of hydrogen-bond acceptors (Lipinski definition) is 5. The van der Waals surface area contributed by atoms with Crippen LogP contribution in [-0.4, -0.2) is 29.7 Å². The van der Waals surface area contributed by atoms with Gasteiger partial charge in [0.05, 0.1) is 27.2 Å². The van der Waals surface area contributed by atoms with Gasteiger partial charge in [0.25, 0.3) is 11.8 Å². The second-order valence-electron chi connectivity index (χ2n) is 9.41. The Morgan fingerprint density at radius 1 is 1.02 bits per heavy atom. The molecular weight excluding hydrogens is 610 g/mol. The van der Waals surface area contributed by atoms with Crippen LogP contribution >= 0.6 is 46.4 Å². The Labute approximate surface area is 257 Å².